The van der Waals surface area contributed by atoms with E-state index in [1.165, 1.54) is 6.42 Å². The molecule has 2 aliphatic rings. The second kappa shape index (κ2) is 11.4. The molecule has 32 heavy (non-hydrogen) atoms. The number of nitrogens with zero attached hydrogens (tertiary/aromatic N) is 4. The molecule has 2 saturated heterocycles. The monoisotopic (exact) mass is 456 g/mol. The fraction of sp³-hybridized carbons (Fsp3) is 0.522. The van der Waals surface area contributed by atoms with Gasteiger partial charge < -0.3 is 25.0 Å². The summed E-state index contributed by atoms with van der Waals surface area (Å²) in [6.07, 6.45) is 3.56. The zero-order chi connectivity index (χ0) is 22.2. The molecule has 9 heteroatoms. The van der Waals surface area contributed by atoms with E-state index in [4.69, 9.17) is 26.7 Å². The predicted molar refractivity (Wildman–Crippen MR) is 131 cm³/mol. The molecule has 0 amide bonds. The number of morpholine rings is 1. The van der Waals surface area contributed by atoms with Gasteiger partial charge in [0.15, 0.2) is 5.11 Å². The van der Waals surface area contributed by atoms with E-state index in [9.17, 15) is 0 Å². The largest absolute Gasteiger partial charge is 0.439 e. The predicted octanol–water partition coefficient (Wildman–Crippen LogP) is 3.27. The average Bonchev–Trinajstić information content (AvgIpc) is 2.80. The van der Waals surface area contributed by atoms with Crippen LogP contribution >= 0.6 is 12.2 Å². The first kappa shape index (κ1) is 22.7. The normalized spacial score (nSPS) is 19.4. The van der Waals surface area contributed by atoms with Crippen LogP contribution in [0.25, 0.3) is 0 Å². The van der Waals surface area contributed by atoms with Crippen LogP contribution in [0, 0.1) is 0 Å². The minimum atomic E-state index is 0.426. The number of nitrogens with one attached hydrogen (secondary N) is 2. The molecule has 0 radical (unpaired) electrons. The highest BCUT2D eigenvalue weighted by Crippen LogP contribution is 2.28. The first-order valence-electron chi connectivity index (χ1n) is 11.4. The van der Waals surface area contributed by atoms with Crippen molar-refractivity contribution < 1.29 is 9.47 Å². The zero-order valence-electron chi connectivity index (χ0n) is 18.6. The van der Waals surface area contributed by atoms with Crippen LogP contribution in [0.2, 0.25) is 0 Å². The Hall–Kier alpha value is -2.49. The fourth-order valence-electron chi connectivity index (χ4n) is 4.01. The number of para-hydroxylation sites is 1. The molecule has 2 fully saturated rings. The molecule has 0 spiro atoms. The lowest BCUT2D eigenvalue weighted by Crippen LogP contribution is -2.42. The summed E-state index contributed by atoms with van der Waals surface area (Å²) in [6.45, 7) is 8.39. The quantitative estimate of drug-likeness (QED) is 0.611. The second-order valence-corrected chi connectivity index (χ2v) is 8.58. The van der Waals surface area contributed by atoms with Crippen LogP contribution in [0.3, 0.4) is 0 Å². The number of aromatic nitrogens is 2. The number of benzene rings is 1. The van der Waals surface area contributed by atoms with E-state index in [-0.39, 0.29) is 0 Å². The van der Waals surface area contributed by atoms with Gasteiger partial charge in [0, 0.05) is 44.8 Å². The highest BCUT2D eigenvalue weighted by atomic mass is 32.1. The van der Waals surface area contributed by atoms with E-state index in [2.05, 4.69) is 32.3 Å². The molecule has 0 bridgehead atoms. The van der Waals surface area contributed by atoms with Crippen molar-refractivity contribution in [1.82, 2.24) is 20.2 Å². The van der Waals surface area contributed by atoms with Crippen molar-refractivity contribution in [3.8, 4) is 11.6 Å². The Labute approximate surface area is 195 Å². The number of thiocarbonyl (C=S) groups is 1. The third kappa shape index (κ3) is 6.51. The number of anilines is 2. The molecule has 0 unspecified atom stereocenters. The average molecular weight is 457 g/mol. The lowest BCUT2D eigenvalue weighted by Gasteiger charge is -2.34. The molecular weight excluding hydrogens is 424 g/mol. The highest BCUT2D eigenvalue weighted by Gasteiger charge is 2.22. The smallest absolute Gasteiger partial charge is 0.234 e. The van der Waals surface area contributed by atoms with Crippen molar-refractivity contribution >= 4 is 29.1 Å². The molecular formula is C23H32N6O2S. The first-order chi connectivity index (χ1) is 15.7. The number of piperidine rings is 1. The van der Waals surface area contributed by atoms with Crippen molar-refractivity contribution in [1.29, 1.82) is 0 Å². The Morgan fingerprint density at radius 1 is 1.16 bits per heavy atom. The minimum absolute atomic E-state index is 0.426. The maximum absolute atomic E-state index is 6.03. The molecule has 0 saturated carbocycles. The molecule has 4 rings (SSSR count). The second-order valence-electron chi connectivity index (χ2n) is 8.18. The standard InChI is InChI=1S/C23H32N6O2S/c1-18-7-5-6-11-29(18)20-17-21(31-19-8-3-2-4-9-19)26-22(25-20)27-23(32)24-10-12-28-13-15-30-16-14-28/h2-4,8-9,17-18H,5-7,10-16H2,1H3,(H2,24,25,26,27,32)/t18-/m0/s1. The van der Waals surface area contributed by atoms with Gasteiger partial charge in [-0.1, -0.05) is 18.2 Å². The van der Waals surface area contributed by atoms with Crippen LogP contribution in [0.4, 0.5) is 11.8 Å². The molecule has 2 aliphatic heterocycles. The van der Waals surface area contributed by atoms with Gasteiger partial charge in [0.1, 0.15) is 11.6 Å². The van der Waals surface area contributed by atoms with Crippen molar-refractivity contribution in [3.05, 3.63) is 36.4 Å². The van der Waals surface area contributed by atoms with Crippen molar-refractivity contribution in [2.24, 2.45) is 0 Å². The van der Waals surface area contributed by atoms with E-state index >= 15 is 0 Å². The van der Waals surface area contributed by atoms with Crippen LogP contribution in [0.15, 0.2) is 36.4 Å². The topological polar surface area (TPSA) is 74.8 Å². The minimum Gasteiger partial charge on any atom is -0.439 e. The maximum atomic E-state index is 6.03. The van der Waals surface area contributed by atoms with Crippen LogP contribution in [-0.2, 0) is 4.74 Å². The van der Waals surface area contributed by atoms with E-state index in [1.54, 1.807) is 0 Å². The van der Waals surface area contributed by atoms with Gasteiger partial charge in [-0.05, 0) is 50.5 Å². The maximum Gasteiger partial charge on any atom is 0.234 e. The van der Waals surface area contributed by atoms with E-state index in [1.807, 2.05) is 36.4 Å². The third-order valence-electron chi connectivity index (χ3n) is 5.79. The molecule has 3 heterocycles. The van der Waals surface area contributed by atoms with Crippen LogP contribution in [0.1, 0.15) is 26.2 Å². The Morgan fingerprint density at radius 2 is 1.97 bits per heavy atom. The Bertz CT molecular complexity index is 878. The van der Waals surface area contributed by atoms with E-state index in [0.29, 0.717) is 23.0 Å². The Kier molecular flexibility index (Phi) is 8.08. The number of rotatable bonds is 7. The van der Waals surface area contributed by atoms with Gasteiger partial charge in [-0.2, -0.15) is 9.97 Å². The Balaban J connectivity index is 1.43. The summed E-state index contributed by atoms with van der Waals surface area (Å²) < 4.78 is 11.4. The molecule has 172 valence electrons. The molecule has 1 atom stereocenters. The summed E-state index contributed by atoms with van der Waals surface area (Å²) in [5, 5.41) is 6.91. The number of hydrogen-bond acceptors (Lipinski definition) is 7. The summed E-state index contributed by atoms with van der Waals surface area (Å²) in [7, 11) is 0. The van der Waals surface area contributed by atoms with Gasteiger partial charge in [0.25, 0.3) is 0 Å². The Morgan fingerprint density at radius 3 is 2.75 bits per heavy atom. The highest BCUT2D eigenvalue weighted by molar-refractivity contribution is 7.80. The lowest BCUT2D eigenvalue weighted by atomic mass is 10.0. The van der Waals surface area contributed by atoms with Crippen LogP contribution < -0.4 is 20.3 Å². The van der Waals surface area contributed by atoms with Crippen molar-refractivity contribution in [2.45, 2.75) is 32.2 Å². The van der Waals surface area contributed by atoms with Gasteiger partial charge in [-0.3, -0.25) is 4.90 Å². The van der Waals surface area contributed by atoms with Gasteiger partial charge in [0.2, 0.25) is 11.8 Å². The van der Waals surface area contributed by atoms with Gasteiger partial charge in [0.05, 0.1) is 13.2 Å². The lowest BCUT2D eigenvalue weighted by molar-refractivity contribution is 0.0389. The summed E-state index contributed by atoms with van der Waals surface area (Å²) in [5.41, 5.74) is 0. The van der Waals surface area contributed by atoms with Crippen LogP contribution in [-0.4, -0.2) is 72.0 Å². The molecule has 1 aromatic carbocycles. The molecule has 0 aliphatic carbocycles. The first-order valence-corrected chi connectivity index (χ1v) is 11.8. The van der Waals surface area contributed by atoms with E-state index in [0.717, 1.165) is 70.3 Å². The molecule has 2 aromatic rings. The number of ether oxygens (including phenoxy) is 2. The fourth-order valence-corrected chi connectivity index (χ4v) is 4.21. The summed E-state index contributed by atoms with van der Waals surface area (Å²) >= 11 is 5.50. The SMILES string of the molecule is C[C@H]1CCCCN1c1cc(Oc2ccccc2)nc(NC(=S)NCCN2CCOCC2)n1. The summed E-state index contributed by atoms with van der Waals surface area (Å²) in [6, 6.07) is 12.0. The van der Waals surface area contributed by atoms with Crippen molar-refractivity contribution in [3.63, 3.8) is 0 Å². The molecule has 2 N–H and O–H groups in total. The zero-order valence-corrected chi connectivity index (χ0v) is 19.4. The van der Waals surface area contributed by atoms with E-state index < -0.39 is 0 Å². The number of hydrogen-bond donors (Lipinski definition) is 2. The summed E-state index contributed by atoms with van der Waals surface area (Å²) in [4.78, 5) is 14.0. The summed E-state index contributed by atoms with van der Waals surface area (Å²) in [5.74, 6) is 2.53. The molecule has 8 nitrogen and oxygen atoms in total. The van der Waals surface area contributed by atoms with Gasteiger partial charge in [-0.25, -0.2) is 0 Å². The molecule has 1 aromatic heterocycles. The van der Waals surface area contributed by atoms with Gasteiger partial charge >= 0.3 is 0 Å². The van der Waals surface area contributed by atoms with Crippen LogP contribution in [0.5, 0.6) is 11.6 Å². The van der Waals surface area contributed by atoms with Crippen molar-refractivity contribution in [2.75, 3.05) is 56.2 Å². The third-order valence-corrected chi connectivity index (χ3v) is 6.04. The van der Waals surface area contributed by atoms with Gasteiger partial charge in [-0.15, -0.1) is 0 Å².